The maximum atomic E-state index is 12.7. The molecule has 2 aromatic carbocycles. The quantitative estimate of drug-likeness (QED) is 0.726. The molecule has 4 nitrogen and oxygen atoms in total. The first-order valence-corrected chi connectivity index (χ1v) is 9.40. The monoisotopic (exact) mass is 416 g/mol. The summed E-state index contributed by atoms with van der Waals surface area (Å²) in [5.41, 5.74) is 0.703. The Balaban J connectivity index is 1.99. The van der Waals surface area contributed by atoms with Gasteiger partial charge in [0, 0.05) is 11.1 Å². The third kappa shape index (κ3) is 6.38. The van der Waals surface area contributed by atoms with Crippen LogP contribution in [0.25, 0.3) is 0 Å². The number of halogens is 3. The molecule has 2 aromatic rings. The Hall–Kier alpha value is -3.27. The summed E-state index contributed by atoms with van der Waals surface area (Å²) in [7, 11) is 0. The molecule has 0 aliphatic rings. The Morgan fingerprint density at radius 1 is 1.07 bits per heavy atom. The zero-order valence-electron chi connectivity index (χ0n) is 16.9. The van der Waals surface area contributed by atoms with Gasteiger partial charge in [-0.3, -0.25) is 9.59 Å². The number of carbonyl (C=O) groups is 2. The summed E-state index contributed by atoms with van der Waals surface area (Å²) >= 11 is 0. The highest BCUT2D eigenvalue weighted by atomic mass is 19.4. The van der Waals surface area contributed by atoms with E-state index in [-0.39, 0.29) is 23.9 Å². The van der Waals surface area contributed by atoms with Gasteiger partial charge >= 0.3 is 6.18 Å². The van der Waals surface area contributed by atoms with Crippen molar-refractivity contribution in [2.75, 3.05) is 6.54 Å². The topological polar surface area (TPSA) is 58.2 Å². The van der Waals surface area contributed by atoms with Gasteiger partial charge in [-0.1, -0.05) is 50.0 Å². The van der Waals surface area contributed by atoms with Crippen molar-refractivity contribution in [3.05, 3.63) is 70.8 Å². The van der Waals surface area contributed by atoms with Gasteiger partial charge in [0.1, 0.15) is 6.04 Å². The number of amides is 2. The molecular weight excluding hydrogens is 393 g/mol. The number of benzene rings is 2. The number of aryl methyl sites for hydroxylation is 1. The van der Waals surface area contributed by atoms with Gasteiger partial charge in [-0.15, -0.1) is 0 Å². The lowest BCUT2D eigenvalue weighted by atomic mass is 10.0. The van der Waals surface area contributed by atoms with Gasteiger partial charge in [0.05, 0.1) is 12.1 Å². The van der Waals surface area contributed by atoms with E-state index in [9.17, 15) is 22.8 Å². The largest absolute Gasteiger partial charge is 0.416 e. The van der Waals surface area contributed by atoms with E-state index in [1.807, 2.05) is 19.1 Å². The Kier molecular flexibility index (Phi) is 7.65. The molecule has 7 heteroatoms. The molecule has 2 rings (SSSR count). The first-order chi connectivity index (χ1) is 14.1. The van der Waals surface area contributed by atoms with Crippen molar-refractivity contribution in [2.45, 2.75) is 33.0 Å². The normalized spacial score (nSPS) is 12.0. The van der Waals surface area contributed by atoms with E-state index in [1.165, 1.54) is 12.1 Å². The van der Waals surface area contributed by atoms with E-state index < -0.39 is 23.7 Å². The first-order valence-electron chi connectivity index (χ1n) is 9.40. The highest BCUT2D eigenvalue weighted by molar-refractivity contribution is 5.98. The van der Waals surface area contributed by atoms with Crippen LogP contribution < -0.4 is 10.6 Å². The van der Waals surface area contributed by atoms with Crippen LogP contribution >= 0.6 is 0 Å². The van der Waals surface area contributed by atoms with Crippen LogP contribution in [0.2, 0.25) is 0 Å². The van der Waals surface area contributed by atoms with Gasteiger partial charge in [-0.2, -0.15) is 13.2 Å². The van der Waals surface area contributed by atoms with Crippen molar-refractivity contribution in [1.29, 1.82) is 0 Å². The fourth-order valence-corrected chi connectivity index (χ4v) is 2.74. The predicted octanol–water partition coefficient (Wildman–Crippen LogP) is 3.94. The SMILES string of the molecule is Cc1ccccc1C(=O)NC(C(=O)NCC#Cc1cccc(C(F)(F)F)c1)C(C)C. The predicted molar refractivity (Wildman–Crippen MR) is 109 cm³/mol. The molecule has 2 amide bonds. The number of carbonyl (C=O) groups excluding carboxylic acids is 2. The molecule has 0 saturated heterocycles. The molecule has 0 aromatic heterocycles. The van der Waals surface area contributed by atoms with E-state index in [2.05, 4.69) is 22.5 Å². The number of hydrogen-bond donors (Lipinski definition) is 2. The van der Waals surface area contributed by atoms with Crippen molar-refractivity contribution in [3.8, 4) is 11.8 Å². The standard InChI is InChI=1S/C23H23F3N2O2/c1-15(2)20(28-21(29)19-12-5-4-8-16(19)3)22(30)27-13-7-10-17-9-6-11-18(14-17)23(24,25)26/h4-6,8-9,11-12,14-15,20H,13H2,1-3H3,(H,27,30)(H,28,29). The van der Waals surface area contributed by atoms with E-state index in [0.29, 0.717) is 5.56 Å². The van der Waals surface area contributed by atoms with Crippen molar-refractivity contribution in [1.82, 2.24) is 10.6 Å². The van der Waals surface area contributed by atoms with Crippen molar-refractivity contribution in [3.63, 3.8) is 0 Å². The van der Waals surface area contributed by atoms with Crippen LogP contribution in [0.5, 0.6) is 0 Å². The average molecular weight is 416 g/mol. The van der Waals surface area contributed by atoms with Crippen molar-refractivity contribution < 1.29 is 22.8 Å². The highest BCUT2D eigenvalue weighted by Gasteiger charge is 2.30. The number of rotatable bonds is 5. The molecule has 0 fully saturated rings. The summed E-state index contributed by atoms with van der Waals surface area (Å²) in [5.74, 6) is 4.31. The van der Waals surface area contributed by atoms with Gasteiger partial charge in [0.2, 0.25) is 5.91 Å². The fraction of sp³-hybridized carbons (Fsp3) is 0.304. The minimum Gasteiger partial charge on any atom is -0.343 e. The third-order valence-corrected chi connectivity index (χ3v) is 4.40. The number of alkyl halides is 3. The molecular formula is C23H23F3N2O2. The summed E-state index contributed by atoms with van der Waals surface area (Å²) in [6.45, 7) is 5.36. The summed E-state index contributed by atoms with van der Waals surface area (Å²) in [5, 5.41) is 5.33. The molecule has 0 bridgehead atoms. The lowest BCUT2D eigenvalue weighted by Crippen LogP contribution is -2.49. The molecule has 0 heterocycles. The second-order valence-corrected chi connectivity index (χ2v) is 7.11. The average Bonchev–Trinajstić information content (AvgIpc) is 2.68. The van der Waals surface area contributed by atoms with Crippen molar-refractivity contribution >= 4 is 11.8 Å². The van der Waals surface area contributed by atoms with Crippen LogP contribution in [0.3, 0.4) is 0 Å². The summed E-state index contributed by atoms with van der Waals surface area (Å²) in [4.78, 5) is 25.0. The Morgan fingerprint density at radius 3 is 2.40 bits per heavy atom. The zero-order valence-corrected chi connectivity index (χ0v) is 16.9. The maximum Gasteiger partial charge on any atom is 0.416 e. The third-order valence-electron chi connectivity index (χ3n) is 4.40. The summed E-state index contributed by atoms with van der Waals surface area (Å²) < 4.78 is 38.2. The zero-order chi connectivity index (χ0) is 22.3. The van der Waals surface area contributed by atoms with E-state index in [1.54, 1.807) is 26.0 Å². The van der Waals surface area contributed by atoms with Gasteiger partial charge in [-0.05, 0) is 42.7 Å². The maximum absolute atomic E-state index is 12.7. The first kappa shape index (κ1) is 23.0. The Morgan fingerprint density at radius 2 is 1.77 bits per heavy atom. The van der Waals surface area contributed by atoms with E-state index in [0.717, 1.165) is 17.7 Å². The van der Waals surface area contributed by atoms with Gasteiger partial charge < -0.3 is 10.6 Å². The van der Waals surface area contributed by atoms with Crippen LogP contribution in [0.15, 0.2) is 48.5 Å². The summed E-state index contributed by atoms with van der Waals surface area (Å²) in [6.07, 6.45) is -4.44. The molecule has 0 radical (unpaired) electrons. The van der Waals surface area contributed by atoms with Crippen LogP contribution in [0.1, 0.15) is 40.9 Å². The van der Waals surface area contributed by atoms with Crippen molar-refractivity contribution in [2.24, 2.45) is 5.92 Å². The molecule has 0 aliphatic carbocycles. The lowest BCUT2D eigenvalue weighted by molar-refractivity contribution is -0.137. The second kappa shape index (κ2) is 9.97. The van der Waals surface area contributed by atoms with Crippen LogP contribution in [-0.4, -0.2) is 24.4 Å². The van der Waals surface area contributed by atoms with Gasteiger partial charge in [0.15, 0.2) is 0 Å². The molecule has 0 saturated carbocycles. The molecule has 30 heavy (non-hydrogen) atoms. The molecule has 0 aliphatic heterocycles. The smallest absolute Gasteiger partial charge is 0.343 e. The number of nitrogens with one attached hydrogen (secondary N) is 2. The van der Waals surface area contributed by atoms with Crippen LogP contribution in [0, 0.1) is 24.7 Å². The molecule has 2 N–H and O–H groups in total. The van der Waals surface area contributed by atoms with E-state index in [4.69, 9.17) is 0 Å². The van der Waals surface area contributed by atoms with Gasteiger partial charge in [-0.25, -0.2) is 0 Å². The highest BCUT2D eigenvalue weighted by Crippen LogP contribution is 2.29. The Labute approximate surface area is 173 Å². The molecule has 0 spiro atoms. The fourth-order valence-electron chi connectivity index (χ4n) is 2.74. The van der Waals surface area contributed by atoms with Crippen LogP contribution in [0.4, 0.5) is 13.2 Å². The molecule has 1 unspecified atom stereocenters. The Bertz CT molecular complexity index is 972. The van der Waals surface area contributed by atoms with E-state index >= 15 is 0 Å². The summed E-state index contributed by atoms with van der Waals surface area (Å²) in [6, 6.07) is 10.9. The second-order valence-electron chi connectivity index (χ2n) is 7.11. The minimum absolute atomic E-state index is 0.0570. The van der Waals surface area contributed by atoms with Crippen LogP contribution in [-0.2, 0) is 11.0 Å². The molecule has 158 valence electrons. The molecule has 1 atom stereocenters. The minimum atomic E-state index is -4.44. The van der Waals surface area contributed by atoms with Gasteiger partial charge in [0.25, 0.3) is 5.91 Å². The number of hydrogen-bond acceptors (Lipinski definition) is 2. The lowest BCUT2D eigenvalue weighted by Gasteiger charge is -2.21.